The van der Waals surface area contributed by atoms with Gasteiger partial charge in [-0.2, -0.15) is 0 Å². The molecule has 3 aromatic rings. The first-order valence-electron chi connectivity index (χ1n) is 9.01. The van der Waals surface area contributed by atoms with Crippen molar-refractivity contribution in [3.63, 3.8) is 0 Å². The summed E-state index contributed by atoms with van der Waals surface area (Å²) in [6.45, 7) is 0. The van der Waals surface area contributed by atoms with E-state index in [0.717, 1.165) is 0 Å². The Morgan fingerprint density at radius 3 is 2.60 bits per heavy atom. The number of nitrogens with zero attached hydrogens (tertiary/aromatic N) is 3. The minimum atomic E-state index is -0.393. The molecule has 0 atom stereocenters. The lowest BCUT2D eigenvalue weighted by Gasteiger charge is -2.04. The Morgan fingerprint density at radius 1 is 1.07 bits per heavy atom. The molecule has 3 aromatic heterocycles. The molecule has 2 amide bonds. The summed E-state index contributed by atoms with van der Waals surface area (Å²) in [7, 11) is 1.33. The molecule has 4 N–H and O–H groups in total. The highest BCUT2D eigenvalue weighted by Crippen LogP contribution is 2.18. The van der Waals surface area contributed by atoms with Crippen molar-refractivity contribution in [3.8, 4) is 0 Å². The molecule has 0 saturated heterocycles. The van der Waals surface area contributed by atoms with Gasteiger partial charge < -0.3 is 20.4 Å². The third kappa shape index (κ3) is 5.94. The second-order valence-electron chi connectivity index (χ2n) is 6.20. The predicted molar refractivity (Wildman–Crippen MR) is 108 cm³/mol. The Hall–Kier alpha value is -3.61. The van der Waals surface area contributed by atoms with Crippen LogP contribution in [0.25, 0.3) is 11.2 Å². The quantitative estimate of drug-likeness (QED) is 0.361. The van der Waals surface area contributed by atoms with Crippen LogP contribution in [0.4, 0.5) is 10.9 Å². The zero-order valence-electron chi connectivity index (χ0n) is 16.0. The molecule has 3 rings (SSSR count). The summed E-state index contributed by atoms with van der Waals surface area (Å²) in [4.78, 5) is 55.5. The van der Waals surface area contributed by atoms with Gasteiger partial charge in [0, 0.05) is 25.7 Å². The van der Waals surface area contributed by atoms with Crippen LogP contribution < -0.4 is 16.3 Å². The Bertz CT molecular complexity index is 1120. The summed E-state index contributed by atoms with van der Waals surface area (Å²) >= 11 is 1.21. The monoisotopic (exact) mass is 433 g/mol. The molecule has 0 spiro atoms. The van der Waals surface area contributed by atoms with Crippen molar-refractivity contribution in [3.05, 3.63) is 27.6 Å². The lowest BCUT2D eigenvalue weighted by molar-refractivity contribution is -0.140. The van der Waals surface area contributed by atoms with Crippen LogP contribution in [0.5, 0.6) is 0 Å². The Kier molecular flexibility index (Phi) is 6.85. The molecule has 0 radical (unpaired) electrons. The number of rotatable bonds is 9. The lowest BCUT2D eigenvalue weighted by atomic mass is 10.2. The number of carbonyl (C=O) groups excluding carboxylic acids is 3. The average Bonchev–Trinajstić information content (AvgIpc) is 3.31. The molecule has 0 fully saturated rings. The van der Waals surface area contributed by atoms with Crippen LogP contribution in [0, 0.1) is 0 Å². The van der Waals surface area contributed by atoms with Crippen molar-refractivity contribution < 1.29 is 19.1 Å². The largest absolute Gasteiger partial charge is 0.469 e. The average molecular weight is 433 g/mol. The summed E-state index contributed by atoms with van der Waals surface area (Å²) < 4.78 is 4.57. The second kappa shape index (κ2) is 9.73. The number of aryl methyl sites for hydroxylation is 1. The van der Waals surface area contributed by atoms with Crippen LogP contribution >= 0.6 is 11.3 Å². The highest BCUT2D eigenvalue weighted by atomic mass is 32.1. The molecular formula is C17H19N7O5S. The van der Waals surface area contributed by atoms with E-state index < -0.39 is 5.91 Å². The number of H-pyrrole nitrogens is 2. The first kappa shape index (κ1) is 21.1. The van der Waals surface area contributed by atoms with E-state index >= 15 is 0 Å². The van der Waals surface area contributed by atoms with Gasteiger partial charge in [0.15, 0.2) is 5.65 Å². The molecule has 12 nitrogen and oxygen atoms in total. The Balaban J connectivity index is 1.42. The van der Waals surface area contributed by atoms with Crippen LogP contribution in [0.1, 0.15) is 30.7 Å². The van der Waals surface area contributed by atoms with Crippen molar-refractivity contribution >= 4 is 51.2 Å². The van der Waals surface area contributed by atoms with Crippen molar-refractivity contribution in [1.29, 1.82) is 0 Å². The fourth-order valence-electron chi connectivity index (χ4n) is 2.49. The van der Waals surface area contributed by atoms with E-state index in [0.29, 0.717) is 34.1 Å². The maximum atomic E-state index is 12.0. The standard InChI is InChI=1S/C17H19N7O5S/c1-29-14(27)4-2-3-13-23-24-17(30-13)21-12(26)8-7-11(25)19-10-6-5-9-15(20-10)22-16(28)18-9/h5-6H,2-4,7-8H2,1H3,(H,21,24,26)(H3,18,19,20,22,25,28). The fourth-order valence-corrected chi connectivity index (χ4v) is 3.29. The molecule has 0 aromatic carbocycles. The molecular weight excluding hydrogens is 414 g/mol. The van der Waals surface area contributed by atoms with Gasteiger partial charge in [-0.05, 0) is 18.6 Å². The number of pyridine rings is 1. The number of fused-ring (bicyclic) bond motifs is 1. The summed E-state index contributed by atoms with van der Waals surface area (Å²) in [5.41, 5.74) is 0.467. The molecule has 0 unspecified atom stereocenters. The van der Waals surface area contributed by atoms with Crippen molar-refractivity contribution in [1.82, 2.24) is 25.1 Å². The van der Waals surface area contributed by atoms with Gasteiger partial charge in [-0.25, -0.2) is 9.78 Å². The van der Waals surface area contributed by atoms with Crippen LogP contribution in [0.15, 0.2) is 16.9 Å². The van der Waals surface area contributed by atoms with Crippen molar-refractivity contribution in [2.45, 2.75) is 32.1 Å². The summed E-state index contributed by atoms with van der Waals surface area (Å²) in [6, 6.07) is 3.16. The van der Waals surface area contributed by atoms with E-state index in [1.807, 2.05) is 0 Å². The third-order valence-corrected chi connectivity index (χ3v) is 4.83. The van der Waals surface area contributed by atoms with Gasteiger partial charge >= 0.3 is 11.7 Å². The van der Waals surface area contributed by atoms with Gasteiger partial charge in [-0.15, -0.1) is 10.2 Å². The van der Waals surface area contributed by atoms with E-state index in [1.54, 1.807) is 12.1 Å². The predicted octanol–water partition coefficient (Wildman–Crippen LogP) is 0.956. The lowest BCUT2D eigenvalue weighted by Crippen LogP contribution is -2.17. The number of aromatic nitrogens is 5. The number of hydrogen-bond donors (Lipinski definition) is 4. The molecule has 0 saturated carbocycles. The van der Waals surface area contributed by atoms with Crippen LogP contribution in [-0.4, -0.2) is 50.0 Å². The van der Waals surface area contributed by atoms with E-state index in [2.05, 4.69) is 40.5 Å². The fraction of sp³-hybridized carbons (Fsp3) is 0.353. The normalized spacial score (nSPS) is 10.7. The number of nitrogens with one attached hydrogen (secondary N) is 4. The number of methoxy groups -OCH3 is 1. The first-order valence-corrected chi connectivity index (χ1v) is 9.82. The second-order valence-corrected chi connectivity index (χ2v) is 7.26. The number of ether oxygens (including phenoxy) is 1. The van der Waals surface area contributed by atoms with Crippen LogP contribution in [0.3, 0.4) is 0 Å². The Labute approximate surface area is 173 Å². The minimum Gasteiger partial charge on any atom is -0.469 e. The van der Waals surface area contributed by atoms with Gasteiger partial charge in [0.25, 0.3) is 0 Å². The number of esters is 1. The van der Waals surface area contributed by atoms with Crippen molar-refractivity contribution in [2.75, 3.05) is 17.7 Å². The topological polar surface area (TPSA) is 172 Å². The zero-order chi connectivity index (χ0) is 21.5. The molecule has 0 aliphatic rings. The number of aromatic amines is 2. The van der Waals surface area contributed by atoms with E-state index in [-0.39, 0.29) is 42.6 Å². The highest BCUT2D eigenvalue weighted by Gasteiger charge is 2.12. The Morgan fingerprint density at radius 2 is 1.83 bits per heavy atom. The molecule has 0 aliphatic carbocycles. The molecule has 0 aliphatic heterocycles. The molecule has 13 heteroatoms. The number of anilines is 2. The molecule has 0 bridgehead atoms. The minimum absolute atomic E-state index is 0.0493. The van der Waals surface area contributed by atoms with Gasteiger partial charge in [0.05, 0.1) is 12.6 Å². The smallest absolute Gasteiger partial charge is 0.325 e. The summed E-state index contributed by atoms with van der Waals surface area (Å²) in [5, 5.41) is 14.0. The molecule has 158 valence electrons. The number of carbonyl (C=O) groups is 3. The van der Waals surface area contributed by atoms with Crippen molar-refractivity contribution in [2.24, 2.45) is 0 Å². The van der Waals surface area contributed by atoms with E-state index in [9.17, 15) is 19.2 Å². The first-order chi connectivity index (χ1) is 14.4. The number of imidazole rings is 1. The third-order valence-electron chi connectivity index (χ3n) is 3.93. The maximum absolute atomic E-state index is 12.0. The van der Waals surface area contributed by atoms with Gasteiger partial charge in [-0.3, -0.25) is 19.4 Å². The number of hydrogen-bond acceptors (Lipinski definition) is 9. The summed E-state index contributed by atoms with van der Waals surface area (Å²) in [6.07, 6.45) is 1.31. The molecule has 3 heterocycles. The van der Waals surface area contributed by atoms with Gasteiger partial charge in [0.1, 0.15) is 10.8 Å². The zero-order valence-corrected chi connectivity index (χ0v) is 16.8. The summed E-state index contributed by atoms with van der Waals surface area (Å²) in [5.74, 6) is -0.789. The van der Waals surface area contributed by atoms with Crippen LogP contribution in [0.2, 0.25) is 0 Å². The van der Waals surface area contributed by atoms with E-state index in [4.69, 9.17) is 0 Å². The van der Waals surface area contributed by atoms with Crippen LogP contribution in [-0.2, 0) is 25.5 Å². The van der Waals surface area contributed by atoms with E-state index in [1.165, 1.54) is 18.4 Å². The SMILES string of the molecule is COC(=O)CCCc1nnc(NC(=O)CCC(=O)Nc2ccc3[nH]c(=O)[nH]c3n2)s1. The molecule has 30 heavy (non-hydrogen) atoms. The number of amides is 2. The highest BCUT2D eigenvalue weighted by molar-refractivity contribution is 7.15. The maximum Gasteiger partial charge on any atom is 0.325 e. The van der Waals surface area contributed by atoms with Gasteiger partial charge in [0.2, 0.25) is 16.9 Å². The van der Waals surface area contributed by atoms with Gasteiger partial charge in [-0.1, -0.05) is 11.3 Å².